The normalized spacial score (nSPS) is 13.3. The van der Waals surface area contributed by atoms with E-state index in [0.29, 0.717) is 45.6 Å². The van der Waals surface area contributed by atoms with E-state index >= 15 is 0 Å². The second kappa shape index (κ2) is 11.6. The number of nitrogens with zero attached hydrogens (tertiary/aromatic N) is 1. The lowest BCUT2D eigenvalue weighted by Crippen LogP contribution is -2.49. The van der Waals surface area contributed by atoms with Gasteiger partial charge in [-0.05, 0) is 49.4 Å². The number of carbonyl (C=O) groups excluding carboxylic acids is 2. The largest absolute Gasteiger partial charge is 0.486 e. The predicted molar refractivity (Wildman–Crippen MR) is 125 cm³/mol. The number of amides is 2. The van der Waals surface area contributed by atoms with Gasteiger partial charge in [-0.15, -0.1) is 0 Å². The minimum absolute atomic E-state index is 0.0287. The first kappa shape index (κ1) is 23.6. The van der Waals surface area contributed by atoms with E-state index in [1.165, 1.54) is 0 Å². The molecule has 3 rings (SSSR count). The van der Waals surface area contributed by atoms with Gasteiger partial charge in [0, 0.05) is 19.5 Å². The Labute approximate surface area is 190 Å². The van der Waals surface area contributed by atoms with E-state index in [0.717, 1.165) is 34.6 Å². The van der Waals surface area contributed by atoms with Gasteiger partial charge in [0.05, 0.1) is 0 Å². The molecule has 1 aliphatic heterocycles. The fourth-order valence-electron chi connectivity index (χ4n) is 3.81. The number of hydrogen-bond donors (Lipinski definition) is 1. The smallest absolute Gasteiger partial charge is 0.242 e. The minimum Gasteiger partial charge on any atom is -0.486 e. The van der Waals surface area contributed by atoms with Gasteiger partial charge >= 0.3 is 0 Å². The van der Waals surface area contributed by atoms with Crippen molar-refractivity contribution in [1.82, 2.24) is 10.2 Å². The average Bonchev–Trinajstić information content (AvgIpc) is 2.82. The highest BCUT2D eigenvalue weighted by atomic mass is 16.6. The highest BCUT2D eigenvalue weighted by molar-refractivity contribution is 5.87. The minimum atomic E-state index is -0.490. The van der Waals surface area contributed by atoms with Crippen LogP contribution < -0.4 is 14.8 Å². The molecule has 172 valence electrons. The van der Waals surface area contributed by atoms with Crippen molar-refractivity contribution in [3.05, 3.63) is 59.2 Å². The molecule has 2 aromatic rings. The third-order valence-corrected chi connectivity index (χ3v) is 5.64. The fourth-order valence-corrected chi connectivity index (χ4v) is 3.81. The van der Waals surface area contributed by atoms with E-state index in [1.807, 2.05) is 63.2 Å². The quantitative estimate of drug-likeness (QED) is 0.608. The van der Waals surface area contributed by atoms with Crippen molar-refractivity contribution in [3.63, 3.8) is 0 Å². The maximum atomic E-state index is 13.3. The molecule has 6 heteroatoms. The van der Waals surface area contributed by atoms with Crippen LogP contribution in [0.4, 0.5) is 0 Å². The maximum absolute atomic E-state index is 13.3. The van der Waals surface area contributed by atoms with Crippen LogP contribution in [0.5, 0.6) is 11.5 Å². The van der Waals surface area contributed by atoms with E-state index in [1.54, 1.807) is 4.90 Å². The van der Waals surface area contributed by atoms with Crippen LogP contribution in [-0.2, 0) is 22.6 Å². The molecule has 2 amide bonds. The average molecular weight is 439 g/mol. The number of benzene rings is 2. The van der Waals surface area contributed by atoms with Crippen LogP contribution in [0.25, 0.3) is 0 Å². The van der Waals surface area contributed by atoms with Gasteiger partial charge in [-0.2, -0.15) is 0 Å². The van der Waals surface area contributed by atoms with Crippen LogP contribution in [-0.4, -0.2) is 42.5 Å². The lowest BCUT2D eigenvalue weighted by atomic mass is 10.0. The summed E-state index contributed by atoms with van der Waals surface area (Å²) in [5.74, 6) is 1.35. The summed E-state index contributed by atoms with van der Waals surface area (Å²) < 4.78 is 11.2. The lowest BCUT2D eigenvalue weighted by Gasteiger charge is -2.31. The molecule has 2 aromatic carbocycles. The molecule has 1 heterocycles. The monoisotopic (exact) mass is 438 g/mol. The van der Waals surface area contributed by atoms with Crippen LogP contribution in [0.15, 0.2) is 42.5 Å². The number of fused-ring (bicyclic) bond motifs is 1. The highest BCUT2D eigenvalue weighted by Crippen LogP contribution is 2.31. The molecule has 0 fully saturated rings. The number of nitrogens with one attached hydrogen (secondary N) is 1. The molecule has 1 aliphatic rings. The van der Waals surface area contributed by atoms with Crippen LogP contribution in [0, 0.1) is 6.92 Å². The SMILES string of the molecule is CCCNC(=O)C(CC)N(Cc1ccc(C)cc1)C(=O)CCc1ccc2c(c1)OCCO2. The van der Waals surface area contributed by atoms with Crippen molar-refractivity contribution in [3.8, 4) is 11.5 Å². The van der Waals surface area contributed by atoms with Crippen molar-refractivity contribution in [2.45, 2.75) is 59.0 Å². The van der Waals surface area contributed by atoms with Crippen LogP contribution in [0.1, 0.15) is 49.8 Å². The van der Waals surface area contributed by atoms with E-state index in [4.69, 9.17) is 9.47 Å². The molecule has 0 saturated heterocycles. The Kier molecular flexibility index (Phi) is 8.54. The molecule has 0 aliphatic carbocycles. The molecule has 1 N–H and O–H groups in total. The maximum Gasteiger partial charge on any atom is 0.242 e. The topological polar surface area (TPSA) is 67.9 Å². The summed E-state index contributed by atoms with van der Waals surface area (Å²) in [6, 6.07) is 13.4. The lowest BCUT2D eigenvalue weighted by molar-refractivity contribution is -0.141. The van der Waals surface area contributed by atoms with Crippen molar-refractivity contribution in [1.29, 1.82) is 0 Å². The first-order valence-corrected chi connectivity index (χ1v) is 11.5. The first-order valence-electron chi connectivity index (χ1n) is 11.5. The van der Waals surface area contributed by atoms with Gasteiger partial charge in [0.15, 0.2) is 11.5 Å². The van der Waals surface area contributed by atoms with Crippen molar-refractivity contribution < 1.29 is 19.1 Å². The molecular weight excluding hydrogens is 404 g/mol. The molecule has 0 bridgehead atoms. The Bertz CT molecular complexity index is 911. The molecule has 0 saturated carbocycles. The highest BCUT2D eigenvalue weighted by Gasteiger charge is 2.28. The van der Waals surface area contributed by atoms with Gasteiger partial charge in [0.2, 0.25) is 11.8 Å². The van der Waals surface area contributed by atoms with E-state index in [2.05, 4.69) is 5.32 Å². The van der Waals surface area contributed by atoms with Crippen LogP contribution >= 0.6 is 0 Å². The Morgan fingerprint density at radius 1 is 1.00 bits per heavy atom. The molecule has 1 atom stereocenters. The second-order valence-electron chi connectivity index (χ2n) is 8.20. The predicted octanol–water partition coefficient (Wildman–Crippen LogP) is 4.03. The Balaban J connectivity index is 1.73. The van der Waals surface area contributed by atoms with E-state index in [-0.39, 0.29) is 11.8 Å². The van der Waals surface area contributed by atoms with E-state index in [9.17, 15) is 9.59 Å². The van der Waals surface area contributed by atoms with Crippen LogP contribution in [0.2, 0.25) is 0 Å². The molecule has 0 aromatic heterocycles. The Hall–Kier alpha value is -3.02. The second-order valence-corrected chi connectivity index (χ2v) is 8.20. The standard InChI is InChI=1S/C26H34N2O4/c1-4-14-27-26(30)22(5-2)28(18-21-8-6-19(3)7-9-21)25(29)13-11-20-10-12-23-24(17-20)32-16-15-31-23/h6-10,12,17,22H,4-5,11,13-16,18H2,1-3H3,(H,27,30). The summed E-state index contributed by atoms with van der Waals surface area (Å²) in [6.07, 6.45) is 2.32. The number of aryl methyl sites for hydroxylation is 2. The number of rotatable bonds is 10. The Morgan fingerprint density at radius 3 is 2.38 bits per heavy atom. The molecule has 6 nitrogen and oxygen atoms in total. The molecular formula is C26H34N2O4. The van der Waals surface area contributed by atoms with Crippen LogP contribution in [0.3, 0.4) is 0 Å². The number of carbonyl (C=O) groups is 2. The molecule has 0 spiro atoms. The third kappa shape index (κ3) is 6.25. The van der Waals surface area contributed by atoms with E-state index < -0.39 is 6.04 Å². The zero-order valence-corrected chi connectivity index (χ0v) is 19.4. The fraction of sp³-hybridized carbons (Fsp3) is 0.462. The Morgan fingerprint density at radius 2 is 1.69 bits per heavy atom. The molecule has 0 radical (unpaired) electrons. The molecule has 1 unspecified atom stereocenters. The molecule has 32 heavy (non-hydrogen) atoms. The van der Waals surface area contributed by atoms with Crippen molar-refractivity contribution >= 4 is 11.8 Å². The first-order chi connectivity index (χ1) is 15.5. The summed E-state index contributed by atoms with van der Waals surface area (Å²) in [6.45, 7) is 8.11. The zero-order valence-electron chi connectivity index (χ0n) is 19.4. The van der Waals surface area contributed by atoms with Crippen molar-refractivity contribution in [2.75, 3.05) is 19.8 Å². The zero-order chi connectivity index (χ0) is 22.9. The summed E-state index contributed by atoms with van der Waals surface area (Å²) >= 11 is 0. The van der Waals surface area contributed by atoms with Gasteiger partial charge in [-0.3, -0.25) is 9.59 Å². The third-order valence-electron chi connectivity index (χ3n) is 5.64. The number of hydrogen-bond acceptors (Lipinski definition) is 4. The number of ether oxygens (including phenoxy) is 2. The summed E-state index contributed by atoms with van der Waals surface area (Å²) in [5, 5.41) is 2.96. The van der Waals surface area contributed by atoms with Gasteiger partial charge in [-0.25, -0.2) is 0 Å². The van der Waals surface area contributed by atoms with Gasteiger partial charge in [-0.1, -0.05) is 49.7 Å². The summed E-state index contributed by atoms with van der Waals surface area (Å²) in [7, 11) is 0. The summed E-state index contributed by atoms with van der Waals surface area (Å²) in [5.41, 5.74) is 3.20. The summed E-state index contributed by atoms with van der Waals surface area (Å²) in [4.78, 5) is 27.9. The van der Waals surface area contributed by atoms with Gasteiger partial charge < -0.3 is 19.7 Å². The van der Waals surface area contributed by atoms with Gasteiger partial charge in [0.1, 0.15) is 19.3 Å². The van der Waals surface area contributed by atoms with Crippen molar-refractivity contribution in [2.24, 2.45) is 0 Å². The van der Waals surface area contributed by atoms with Gasteiger partial charge in [0.25, 0.3) is 0 Å².